The predicted molar refractivity (Wildman–Crippen MR) is 105 cm³/mol. The van der Waals surface area contributed by atoms with E-state index in [1.165, 1.54) is 0 Å². The molecule has 1 fully saturated rings. The fraction of sp³-hybridized carbons (Fsp3) is 0.500. The van der Waals surface area contributed by atoms with Gasteiger partial charge >= 0.3 is 5.97 Å². The second-order valence-electron chi connectivity index (χ2n) is 6.26. The molecule has 2 amide bonds. The second-order valence-corrected chi connectivity index (χ2v) is 7.69. The van der Waals surface area contributed by atoms with Gasteiger partial charge in [0, 0.05) is 23.8 Å². The number of ether oxygens (including phenoxy) is 2. The number of morpholine rings is 1. The minimum atomic E-state index is -0.526. The molecule has 0 bridgehead atoms. The molecule has 27 heavy (non-hydrogen) atoms. The van der Waals surface area contributed by atoms with Crippen molar-refractivity contribution in [2.24, 2.45) is 0 Å². The van der Waals surface area contributed by atoms with E-state index in [4.69, 9.17) is 21.1 Å². The van der Waals surface area contributed by atoms with Gasteiger partial charge in [0.25, 0.3) is 5.91 Å². The van der Waals surface area contributed by atoms with Gasteiger partial charge in [-0.1, -0.05) is 11.6 Å². The molecule has 0 radical (unpaired) electrons. The van der Waals surface area contributed by atoms with Crippen LogP contribution in [0.3, 0.4) is 0 Å². The molecule has 1 aliphatic rings. The molecule has 0 saturated carbocycles. The summed E-state index contributed by atoms with van der Waals surface area (Å²) >= 11 is 6.90. The summed E-state index contributed by atoms with van der Waals surface area (Å²) < 4.78 is 10.6. The number of nitrogens with one attached hydrogen (secondary N) is 1. The number of halogens is 1. The van der Waals surface area contributed by atoms with Crippen LogP contribution in [-0.2, 0) is 23.9 Å². The van der Waals surface area contributed by atoms with Gasteiger partial charge in [-0.2, -0.15) is 0 Å². The van der Waals surface area contributed by atoms with Crippen LogP contribution in [0.5, 0.6) is 0 Å². The van der Waals surface area contributed by atoms with Crippen LogP contribution in [-0.4, -0.2) is 66.1 Å². The van der Waals surface area contributed by atoms with E-state index in [9.17, 15) is 14.4 Å². The van der Waals surface area contributed by atoms with Gasteiger partial charge in [0.15, 0.2) is 6.61 Å². The van der Waals surface area contributed by atoms with Crippen LogP contribution < -0.4 is 5.32 Å². The Balaban J connectivity index is 1.62. The Morgan fingerprint density at radius 1 is 1.19 bits per heavy atom. The van der Waals surface area contributed by atoms with Crippen molar-refractivity contribution in [1.82, 2.24) is 4.90 Å². The number of benzene rings is 1. The summed E-state index contributed by atoms with van der Waals surface area (Å²) in [6.07, 6.45) is -0.0776. The Labute approximate surface area is 167 Å². The number of amides is 2. The molecule has 0 spiro atoms. The number of hydrogen-bond acceptors (Lipinski definition) is 6. The molecule has 1 N–H and O–H groups in total. The molecule has 0 unspecified atom stereocenters. The molecule has 2 atom stereocenters. The zero-order valence-electron chi connectivity index (χ0n) is 15.3. The van der Waals surface area contributed by atoms with Crippen LogP contribution in [0.1, 0.15) is 13.8 Å². The van der Waals surface area contributed by atoms with Crippen molar-refractivity contribution in [1.29, 1.82) is 0 Å². The van der Waals surface area contributed by atoms with Crippen LogP contribution in [0.25, 0.3) is 0 Å². The Bertz CT molecular complexity index is 660. The van der Waals surface area contributed by atoms with Crippen molar-refractivity contribution in [2.75, 3.05) is 36.5 Å². The number of carbonyl (C=O) groups excluding carboxylic acids is 3. The molecule has 0 aromatic heterocycles. The molecule has 0 aliphatic carbocycles. The maximum absolute atomic E-state index is 12.1. The van der Waals surface area contributed by atoms with E-state index in [2.05, 4.69) is 5.32 Å². The number of thioether (sulfide) groups is 1. The third-order valence-electron chi connectivity index (χ3n) is 3.71. The van der Waals surface area contributed by atoms with Gasteiger partial charge < -0.3 is 19.7 Å². The third kappa shape index (κ3) is 7.78. The van der Waals surface area contributed by atoms with Crippen molar-refractivity contribution in [2.45, 2.75) is 26.1 Å². The number of hydrogen-bond donors (Lipinski definition) is 1. The van der Waals surface area contributed by atoms with Gasteiger partial charge in [-0.25, -0.2) is 0 Å². The number of nitrogens with zero attached hydrogens (tertiary/aromatic N) is 1. The number of carbonyl (C=O) groups is 3. The van der Waals surface area contributed by atoms with Crippen LogP contribution in [0.2, 0.25) is 5.02 Å². The molecule has 7 nitrogen and oxygen atoms in total. The number of esters is 1. The molecule has 1 aromatic rings. The highest BCUT2D eigenvalue weighted by Crippen LogP contribution is 2.14. The van der Waals surface area contributed by atoms with Crippen LogP contribution in [0.15, 0.2) is 24.3 Å². The van der Waals surface area contributed by atoms with Crippen molar-refractivity contribution in [3.05, 3.63) is 29.3 Å². The predicted octanol–water partition coefficient (Wildman–Crippen LogP) is 2.19. The van der Waals surface area contributed by atoms with Crippen LogP contribution in [0.4, 0.5) is 5.69 Å². The van der Waals surface area contributed by atoms with Gasteiger partial charge in [0.2, 0.25) is 5.91 Å². The Morgan fingerprint density at radius 3 is 2.44 bits per heavy atom. The summed E-state index contributed by atoms with van der Waals surface area (Å²) in [5.74, 6) is -0.901. The summed E-state index contributed by atoms with van der Waals surface area (Å²) in [6, 6.07) is 6.74. The van der Waals surface area contributed by atoms with E-state index < -0.39 is 5.97 Å². The molecule has 1 heterocycles. The number of rotatable bonds is 7. The topological polar surface area (TPSA) is 84.9 Å². The molecule has 1 saturated heterocycles. The SMILES string of the molecule is C[C@H]1CN(C(=O)COC(=O)CSCC(=O)Nc2ccc(Cl)cc2)C[C@H](C)O1. The van der Waals surface area contributed by atoms with Gasteiger partial charge in [-0.05, 0) is 38.1 Å². The lowest BCUT2D eigenvalue weighted by atomic mass is 10.2. The van der Waals surface area contributed by atoms with Gasteiger partial charge in [0.1, 0.15) is 0 Å². The standard InChI is InChI=1S/C18H23ClN2O5S/c1-12-7-21(8-13(2)26-12)17(23)9-25-18(24)11-27-10-16(22)20-15-5-3-14(19)4-6-15/h3-6,12-13H,7-11H2,1-2H3,(H,20,22)/t12-,13-/m0/s1. The highest BCUT2D eigenvalue weighted by Gasteiger charge is 2.26. The van der Waals surface area contributed by atoms with E-state index in [0.717, 1.165) is 11.8 Å². The van der Waals surface area contributed by atoms with Crippen molar-refractivity contribution < 1.29 is 23.9 Å². The summed E-state index contributed by atoms with van der Waals surface area (Å²) in [6.45, 7) is 4.47. The first-order chi connectivity index (χ1) is 12.8. The van der Waals surface area contributed by atoms with E-state index in [-0.39, 0.29) is 42.1 Å². The first-order valence-electron chi connectivity index (χ1n) is 8.55. The summed E-state index contributed by atoms with van der Waals surface area (Å²) in [5, 5.41) is 3.29. The monoisotopic (exact) mass is 414 g/mol. The van der Waals surface area contributed by atoms with Crippen molar-refractivity contribution in [3.8, 4) is 0 Å². The minimum Gasteiger partial charge on any atom is -0.455 e. The molecule has 148 valence electrons. The Morgan fingerprint density at radius 2 is 1.81 bits per heavy atom. The van der Waals surface area contributed by atoms with Crippen molar-refractivity contribution >= 4 is 46.8 Å². The molecule has 1 aromatic carbocycles. The third-order valence-corrected chi connectivity index (χ3v) is 4.87. The fourth-order valence-electron chi connectivity index (χ4n) is 2.61. The highest BCUT2D eigenvalue weighted by molar-refractivity contribution is 8.00. The van der Waals surface area contributed by atoms with E-state index in [1.807, 2.05) is 13.8 Å². The molecular weight excluding hydrogens is 392 g/mol. The average molecular weight is 415 g/mol. The quantitative estimate of drug-likeness (QED) is 0.688. The summed E-state index contributed by atoms with van der Waals surface area (Å²) in [4.78, 5) is 37.3. The molecule has 1 aliphatic heterocycles. The molecule has 2 rings (SSSR count). The lowest BCUT2D eigenvalue weighted by Gasteiger charge is -2.35. The normalized spacial score (nSPS) is 19.4. The van der Waals surface area contributed by atoms with Crippen LogP contribution >= 0.6 is 23.4 Å². The van der Waals surface area contributed by atoms with Crippen LogP contribution in [0, 0.1) is 0 Å². The Hall–Kier alpha value is -1.77. The van der Waals surface area contributed by atoms with E-state index >= 15 is 0 Å². The molecule has 9 heteroatoms. The average Bonchev–Trinajstić information content (AvgIpc) is 2.61. The zero-order chi connectivity index (χ0) is 19.8. The minimum absolute atomic E-state index is 0.00274. The lowest BCUT2D eigenvalue weighted by molar-refractivity contribution is -0.155. The van der Waals surface area contributed by atoms with Gasteiger partial charge in [-0.15, -0.1) is 11.8 Å². The second kappa shape index (κ2) is 10.5. The fourth-order valence-corrected chi connectivity index (χ4v) is 3.35. The van der Waals surface area contributed by atoms with Crippen molar-refractivity contribution in [3.63, 3.8) is 0 Å². The van der Waals surface area contributed by atoms with Gasteiger partial charge in [-0.3, -0.25) is 14.4 Å². The first kappa shape index (κ1) is 21.5. The van der Waals surface area contributed by atoms with Gasteiger partial charge in [0.05, 0.1) is 23.7 Å². The first-order valence-corrected chi connectivity index (χ1v) is 10.1. The summed E-state index contributed by atoms with van der Waals surface area (Å²) in [5.41, 5.74) is 0.632. The molecular formula is C18H23ClN2O5S. The zero-order valence-corrected chi connectivity index (χ0v) is 16.8. The number of anilines is 1. The summed E-state index contributed by atoms with van der Waals surface area (Å²) in [7, 11) is 0. The maximum atomic E-state index is 12.1. The maximum Gasteiger partial charge on any atom is 0.316 e. The van der Waals surface area contributed by atoms with E-state index in [0.29, 0.717) is 23.8 Å². The van der Waals surface area contributed by atoms with E-state index in [1.54, 1.807) is 29.2 Å². The lowest BCUT2D eigenvalue weighted by Crippen LogP contribution is -2.49. The largest absolute Gasteiger partial charge is 0.455 e. The smallest absolute Gasteiger partial charge is 0.316 e. The highest BCUT2D eigenvalue weighted by atomic mass is 35.5. The Kier molecular flexibility index (Phi) is 8.40.